The zero-order valence-corrected chi connectivity index (χ0v) is 17.0. The molecule has 0 amide bonds. The van der Waals surface area contributed by atoms with Crippen LogP contribution < -0.4 is 0 Å². The van der Waals surface area contributed by atoms with Gasteiger partial charge in [0.2, 0.25) is 0 Å². The Kier molecular flexibility index (Phi) is 9.89. The average Bonchev–Trinajstić information content (AvgIpc) is 2.59. The van der Waals surface area contributed by atoms with Crippen molar-refractivity contribution in [2.75, 3.05) is 13.2 Å². The summed E-state index contributed by atoms with van der Waals surface area (Å²) >= 11 is 0. The molecule has 0 saturated carbocycles. The van der Waals surface area contributed by atoms with E-state index in [2.05, 4.69) is 32.9 Å². The van der Waals surface area contributed by atoms with Gasteiger partial charge in [0, 0.05) is 12.8 Å². The highest BCUT2D eigenvalue weighted by molar-refractivity contribution is 5.66. The fraction of sp³-hybridized carbons (Fsp3) is 0.682. The summed E-state index contributed by atoms with van der Waals surface area (Å²) in [6.07, 6.45) is 9.09. The van der Waals surface area contributed by atoms with Crippen molar-refractivity contribution in [1.82, 2.24) is 0 Å². The van der Waals surface area contributed by atoms with Gasteiger partial charge in [-0.1, -0.05) is 36.3 Å². The summed E-state index contributed by atoms with van der Waals surface area (Å²) in [4.78, 5) is 11.3. The van der Waals surface area contributed by atoms with Gasteiger partial charge in [0.15, 0.2) is 0 Å². The lowest BCUT2D eigenvalue weighted by Gasteiger charge is -2.36. The molecule has 4 nitrogen and oxygen atoms in total. The number of carbonyl (C=O) groups excluding carboxylic acids is 1. The Morgan fingerprint density at radius 2 is 2.04 bits per heavy atom. The van der Waals surface area contributed by atoms with E-state index >= 15 is 0 Å². The summed E-state index contributed by atoms with van der Waals surface area (Å²) in [5.74, 6) is -0.369. The number of aliphatic hydroxyl groups excluding tert-OH is 2. The molecule has 0 fully saturated rings. The first-order valence-electron chi connectivity index (χ1n) is 9.66. The molecule has 0 saturated heterocycles. The smallest absolute Gasteiger partial charge is 0.302 e. The van der Waals surface area contributed by atoms with Crippen molar-refractivity contribution in [1.29, 1.82) is 0 Å². The maximum atomic E-state index is 11.3. The minimum absolute atomic E-state index is 0.0547. The van der Waals surface area contributed by atoms with E-state index in [0.717, 1.165) is 30.4 Å². The van der Waals surface area contributed by atoms with Gasteiger partial charge in [0.25, 0.3) is 0 Å². The van der Waals surface area contributed by atoms with Gasteiger partial charge >= 0.3 is 5.97 Å². The number of rotatable bonds is 7. The predicted molar refractivity (Wildman–Crippen MR) is 106 cm³/mol. The highest BCUT2D eigenvalue weighted by Crippen LogP contribution is 2.36. The molecule has 0 aromatic carbocycles. The van der Waals surface area contributed by atoms with Crippen LogP contribution in [0.15, 0.2) is 34.9 Å². The monoisotopic (exact) mass is 364 g/mol. The van der Waals surface area contributed by atoms with Crippen molar-refractivity contribution in [2.45, 2.75) is 66.4 Å². The molecule has 0 aromatic heterocycles. The number of aliphatic hydroxyl groups is 2. The van der Waals surface area contributed by atoms with Crippen molar-refractivity contribution in [3.05, 3.63) is 34.9 Å². The van der Waals surface area contributed by atoms with Gasteiger partial charge < -0.3 is 14.9 Å². The average molecular weight is 365 g/mol. The molecular formula is C22H36O4. The van der Waals surface area contributed by atoms with Crippen LogP contribution in [-0.4, -0.2) is 35.5 Å². The van der Waals surface area contributed by atoms with Crippen LogP contribution in [0.25, 0.3) is 0 Å². The van der Waals surface area contributed by atoms with Crippen LogP contribution in [-0.2, 0) is 9.53 Å². The Balaban J connectivity index is 3.10. The highest BCUT2D eigenvalue weighted by atomic mass is 16.5. The number of esters is 1. The van der Waals surface area contributed by atoms with E-state index in [0.29, 0.717) is 6.42 Å². The molecule has 0 unspecified atom stereocenters. The SMILES string of the molecule is CC(=O)OC/C1=C/C/C=C(\C)C[C@@H](O)[C@@H]([C@H](C)CCC=C(C)C)[C@@H]1CO. The van der Waals surface area contributed by atoms with E-state index in [1.807, 2.05) is 13.0 Å². The topological polar surface area (TPSA) is 66.8 Å². The van der Waals surface area contributed by atoms with Crippen molar-refractivity contribution in [3.8, 4) is 0 Å². The van der Waals surface area contributed by atoms with Crippen LogP contribution in [0.5, 0.6) is 0 Å². The fourth-order valence-corrected chi connectivity index (χ4v) is 3.82. The van der Waals surface area contributed by atoms with Gasteiger partial charge in [-0.3, -0.25) is 4.79 Å². The van der Waals surface area contributed by atoms with Crippen LogP contribution >= 0.6 is 0 Å². The van der Waals surface area contributed by atoms with Gasteiger partial charge in [-0.2, -0.15) is 0 Å². The third-order valence-corrected chi connectivity index (χ3v) is 5.23. The molecule has 4 atom stereocenters. The van der Waals surface area contributed by atoms with Crippen molar-refractivity contribution < 1.29 is 19.7 Å². The molecule has 2 N–H and O–H groups in total. The summed E-state index contributed by atoms with van der Waals surface area (Å²) in [6.45, 7) is 9.87. The lowest BCUT2D eigenvalue weighted by Crippen LogP contribution is -2.37. The summed E-state index contributed by atoms with van der Waals surface area (Å²) < 4.78 is 5.22. The quantitative estimate of drug-likeness (QED) is 0.525. The maximum absolute atomic E-state index is 11.3. The fourth-order valence-electron chi connectivity index (χ4n) is 3.82. The Hall–Kier alpha value is -1.39. The maximum Gasteiger partial charge on any atom is 0.302 e. The first kappa shape index (κ1) is 22.7. The Labute approximate surface area is 158 Å². The predicted octanol–water partition coefficient (Wildman–Crippen LogP) is 4.18. The summed E-state index contributed by atoms with van der Waals surface area (Å²) in [5.41, 5.74) is 3.35. The highest BCUT2D eigenvalue weighted by Gasteiger charge is 2.35. The standard InChI is InChI=1S/C22H36O4/c1-15(2)8-6-10-17(4)22-20(13-23)19(14-26-18(5)24)11-7-9-16(3)12-21(22)25/h8-9,11,17,20-23,25H,6-7,10,12-14H2,1-5H3/b16-9+,19-11-/t17-,20-,21-,22+/m1/s1. The number of carbonyl (C=O) groups is 1. The van der Waals surface area contributed by atoms with Gasteiger partial charge in [-0.25, -0.2) is 0 Å². The normalized spacial score (nSPS) is 29.1. The number of ether oxygens (including phenoxy) is 1. The van der Waals surface area contributed by atoms with Gasteiger partial charge in [0.05, 0.1) is 12.7 Å². The largest absolute Gasteiger partial charge is 0.461 e. The molecule has 0 aromatic rings. The summed E-state index contributed by atoms with van der Waals surface area (Å²) in [5, 5.41) is 21.1. The first-order chi connectivity index (χ1) is 12.3. The van der Waals surface area contributed by atoms with Crippen LogP contribution in [0.4, 0.5) is 0 Å². The zero-order valence-electron chi connectivity index (χ0n) is 17.0. The number of allylic oxidation sites excluding steroid dienone is 4. The van der Waals surface area contributed by atoms with E-state index in [1.54, 1.807) is 0 Å². The second kappa shape index (κ2) is 11.3. The Morgan fingerprint density at radius 1 is 1.35 bits per heavy atom. The van der Waals surface area contributed by atoms with Crippen LogP contribution in [0, 0.1) is 17.8 Å². The van der Waals surface area contributed by atoms with Gasteiger partial charge in [0.1, 0.15) is 6.61 Å². The molecule has 148 valence electrons. The number of hydrogen-bond donors (Lipinski definition) is 2. The second-order valence-corrected chi connectivity index (χ2v) is 7.82. The Morgan fingerprint density at radius 3 is 2.62 bits per heavy atom. The third-order valence-electron chi connectivity index (χ3n) is 5.23. The molecule has 0 spiro atoms. The summed E-state index contributed by atoms with van der Waals surface area (Å²) in [7, 11) is 0. The second-order valence-electron chi connectivity index (χ2n) is 7.82. The van der Waals surface area contributed by atoms with E-state index in [-0.39, 0.29) is 36.9 Å². The van der Waals surface area contributed by atoms with Crippen LogP contribution in [0.2, 0.25) is 0 Å². The molecule has 4 heteroatoms. The lowest BCUT2D eigenvalue weighted by molar-refractivity contribution is -0.140. The molecule has 1 aliphatic rings. The van der Waals surface area contributed by atoms with E-state index < -0.39 is 6.10 Å². The number of hydrogen-bond acceptors (Lipinski definition) is 4. The van der Waals surface area contributed by atoms with E-state index in [4.69, 9.17) is 4.74 Å². The van der Waals surface area contributed by atoms with Crippen molar-refractivity contribution in [2.24, 2.45) is 17.8 Å². The zero-order chi connectivity index (χ0) is 19.7. The van der Waals surface area contributed by atoms with Crippen LogP contribution in [0.1, 0.15) is 60.3 Å². The summed E-state index contributed by atoms with van der Waals surface area (Å²) in [6, 6.07) is 0. The van der Waals surface area contributed by atoms with E-state index in [9.17, 15) is 15.0 Å². The minimum Gasteiger partial charge on any atom is -0.461 e. The third kappa shape index (κ3) is 7.46. The minimum atomic E-state index is -0.524. The molecule has 0 heterocycles. The van der Waals surface area contributed by atoms with Crippen LogP contribution in [0.3, 0.4) is 0 Å². The molecular weight excluding hydrogens is 328 g/mol. The molecule has 0 aliphatic heterocycles. The molecule has 1 rings (SSSR count). The van der Waals surface area contributed by atoms with E-state index in [1.165, 1.54) is 12.5 Å². The molecule has 0 bridgehead atoms. The van der Waals surface area contributed by atoms with Gasteiger partial charge in [-0.05, 0) is 63.9 Å². The Bertz CT molecular complexity index is 540. The van der Waals surface area contributed by atoms with Crippen molar-refractivity contribution >= 4 is 5.97 Å². The molecule has 26 heavy (non-hydrogen) atoms. The van der Waals surface area contributed by atoms with Gasteiger partial charge in [-0.15, -0.1) is 0 Å². The molecule has 0 radical (unpaired) electrons. The lowest BCUT2D eigenvalue weighted by atomic mass is 9.73. The van der Waals surface area contributed by atoms with Crippen molar-refractivity contribution in [3.63, 3.8) is 0 Å². The molecule has 1 aliphatic carbocycles. The first-order valence-corrected chi connectivity index (χ1v) is 9.66.